The van der Waals surface area contributed by atoms with E-state index in [1.807, 2.05) is 43.3 Å². The minimum Gasteiger partial charge on any atom is -0.280 e. The standard InChI is InChI=1S/C22H19ClN4O4S/c1-16(13-17-5-3-2-4-6-17)15-24-25-21-12-11-20(27(28)29)14-22(21)32(30,31)26-19-9-7-18(23)8-10-19/h2-15,25-26H,1H3. The Morgan fingerprint density at radius 1 is 1.06 bits per heavy atom. The molecule has 3 aromatic rings. The number of halogens is 1. The van der Waals surface area contributed by atoms with Crippen molar-refractivity contribution in [1.82, 2.24) is 0 Å². The largest absolute Gasteiger partial charge is 0.280 e. The monoisotopic (exact) mass is 470 g/mol. The average Bonchev–Trinajstić information content (AvgIpc) is 2.76. The third-order valence-electron chi connectivity index (χ3n) is 4.21. The minimum atomic E-state index is -4.16. The molecule has 0 heterocycles. The van der Waals surface area contributed by atoms with E-state index in [0.29, 0.717) is 5.02 Å². The molecule has 0 aliphatic carbocycles. The van der Waals surface area contributed by atoms with Gasteiger partial charge >= 0.3 is 0 Å². The van der Waals surface area contributed by atoms with Gasteiger partial charge in [-0.25, -0.2) is 8.42 Å². The highest BCUT2D eigenvalue weighted by Crippen LogP contribution is 2.28. The number of nitro benzene ring substituents is 1. The molecular formula is C22H19ClN4O4S. The number of hydrogen-bond donors (Lipinski definition) is 2. The van der Waals surface area contributed by atoms with Crippen molar-refractivity contribution in [1.29, 1.82) is 0 Å². The van der Waals surface area contributed by atoms with Crippen LogP contribution in [0.25, 0.3) is 6.08 Å². The molecule has 3 aromatic carbocycles. The van der Waals surface area contributed by atoms with Gasteiger partial charge in [-0.3, -0.25) is 20.3 Å². The van der Waals surface area contributed by atoms with E-state index < -0.39 is 14.9 Å². The highest BCUT2D eigenvalue weighted by molar-refractivity contribution is 7.92. The van der Waals surface area contributed by atoms with Crippen LogP contribution < -0.4 is 10.1 Å². The highest BCUT2D eigenvalue weighted by atomic mass is 35.5. The summed E-state index contributed by atoms with van der Waals surface area (Å²) in [6.45, 7) is 1.84. The summed E-state index contributed by atoms with van der Waals surface area (Å²) in [7, 11) is -4.16. The predicted octanol–water partition coefficient (Wildman–Crippen LogP) is 5.55. The van der Waals surface area contributed by atoms with Gasteiger partial charge in [0.1, 0.15) is 4.90 Å². The van der Waals surface area contributed by atoms with Crippen molar-refractivity contribution >= 4 is 51.0 Å². The topological polar surface area (TPSA) is 114 Å². The molecule has 0 bridgehead atoms. The molecule has 0 saturated heterocycles. The van der Waals surface area contributed by atoms with Crippen LogP contribution in [0.1, 0.15) is 12.5 Å². The lowest BCUT2D eigenvalue weighted by Gasteiger charge is -2.12. The van der Waals surface area contributed by atoms with Crippen LogP contribution in [0.3, 0.4) is 0 Å². The molecule has 0 spiro atoms. The Hall–Kier alpha value is -3.69. The molecule has 8 nitrogen and oxygen atoms in total. The Morgan fingerprint density at radius 2 is 1.75 bits per heavy atom. The molecule has 0 aliphatic heterocycles. The molecule has 164 valence electrons. The van der Waals surface area contributed by atoms with Crippen LogP contribution in [-0.2, 0) is 10.0 Å². The van der Waals surface area contributed by atoms with Gasteiger partial charge in [0.25, 0.3) is 15.7 Å². The van der Waals surface area contributed by atoms with E-state index in [0.717, 1.165) is 17.2 Å². The normalized spacial score (nSPS) is 12.0. The zero-order chi connectivity index (χ0) is 23.1. The average molecular weight is 471 g/mol. The summed E-state index contributed by atoms with van der Waals surface area (Å²) in [5.41, 5.74) is 4.45. The number of nitrogens with zero attached hydrogens (tertiary/aromatic N) is 2. The van der Waals surface area contributed by atoms with Crippen molar-refractivity contribution in [2.24, 2.45) is 5.10 Å². The molecule has 0 aliphatic rings. The molecule has 2 N–H and O–H groups in total. The van der Waals surface area contributed by atoms with E-state index in [1.54, 1.807) is 0 Å². The highest BCUT2D eigenvalue weighted by Gasteiger charge is 2.22. The summed E-state index contributed by atoms with van der Waals surface area (Å²) < 4.78 is 28.3. The van der Waals surface area contributed by atoms with Crippen LogP contribution in [0.15, 0.2) is 88.4 Å². The fourth-order valence-electron chi connectivity index (χ4n) is 2.72. The number of sulfonamides is 1. The van der Waals surface area contributed by atoms with E-state index in [4.69, 9.17) is 11.6 Å². The molecular weight excluding hydrogens is 452 g/mol. The van der Waals surface area contributed by atoms with Gasteiger partial charge in [-0.1, -0.05) is 48.0 Å². The third kappa shape index (κ3) is 6.16. The van der Waals surface area contributed by atoms with Crippen molar-refractivity contribution in [3.63, 3.8) is 0 Å². The molecule has 0 amide bonds. The number of rotatable bonds is 8. The fourth-order valence-corrected chi connectivity index (χ4v) is 4.08. The van der Waals surface area contributed by atoms with E-state index in [-0.39, 0.29) is 22.0 Å². The summed E-state index contributed by atoms with van der Waals surface area (Å²) in [4.78, 5) is 10.2. The number of hydrogen-bond acceptors (Lipinski definition) is 6. The van der Waals surface area contributed by atoms with E-state index in [2.05, 4.69) is 15.2 Å². The van der Waals surface area contributed by atoms with Gasteiger partial charge < -0.3 is 0 Å². The first-order valence-electron chi connectivity index (χ1n) is 9.34. The second-order valence-electron chi connectivity index (χ2n) is 6.72. The molecule has 10 heteroatoms. The van der Waals surface area contributed by atoms with Crippen LogP contribution in [-0.4, -0.2) is 19.6 Å². The lowest BCUT2D eigenvalue weighted by atomic mass is 10.1. The van der Waals surface area contributed by atoms with Crippen LogP contribution in [0.2, 0.25) is 5.02 Å². The minimum absolute atomic E-state index is 0.0841. The Kier molecular flexibility index (Phi) is 7.24. The summed E-state index contributed by atoms with van der Waals surface area (Å²) in [5, 5.41) is 15.7. The molecule has 0 unspecified atom stereocenters. The van der Waals surface area contributed by atoms with Crippen molar-refractivity contribution in [2.75, 3.05) is 10.1 Å². The number of hydrazone groups is 1. The van der Waals surface area contributed by atoms with Crippen LogP contribution in [0, 0.1) is 10.1 Å². The maximum atomic E-state index is 13.0. The zero-order valence-corrected chi connectivity index (χ0v) is 18.5. The first kappa shape index (κ1) is 23.0. The maximum absolute atomic E-state index is 13.0. The molecule has 0 aromatic heterocycles. The van der Waals surface area contributed by atoms with Gasteiger partial charge in [0.15, 0.2) is 0 Å². The SMILES string of the molecule is CC(C=NNc1ccc([N+](=O)[O-])cc1S(=O)(=O)Nc1ccc(Cl)cc1)=Cc1ccccc1. The van der Waals surface area contributed by atoms with Crippen molar-refractivity contribution in [3.8, 4) is 0 Å². The first-order valence-corrected chi connectivity index (χ1v) is 11.2. The Balaban J connectivity index is 1.88. The van der Waals surface area contributed by atoms with Gasteiger partial charge in [0, 0.05) is 22.8 Å². The summed E-state index contributed by atoms with van der Waals surface area (Å²) in [5.74, 6) is 0. The van der Waals surface area contributed by atoms with Gasteiger partial charge in [-0.05, 0) is 48.4 Å². The summed E-state index contributed by atoms with van der Waals surface area (Å²) in [6.07, 6.45) is 3.43. The molecule has 0 atom stereocenters. The maximum Gasteiger partial charge on any atom is 0.270 e. The van der Waals surface area contributed by atoms with E-state index in [9.17, 15) is 18.5 Å². The lowest BCUT2D eigenvalue weighted by molar-refractivity contribution is -0.385. The van der Waals surface area contributed by atoms with Gasteiger partial charge in [0.2, 0.25) is 0 Å². The molecule has 0 fully saturated rings. The number of nitrogens with one attached hydrogen (secondary N) is 2. The number of allylic oxidation sites excluding steroid dienone is 1. The molecule has 0 saturated carbocycles. The smallest absolute Gasteiger partial charge is 0.270 e. The van der Waals surface area contributed by atoms with Gasteiger partial charge in [-0.15, -0.1) is 0 Å². The second kappa shape index (κ2) is 10.1. The Morgan fingerprint density at radius 3 is 2.41 bits per heavy atom. The van der Waals surface area contributed by atoms with E-state index >= 15 is 0 Å². The second-order valence-corrected chi connectivity index (χ2v) is 8.81. The van der Waals surface area contributed by atoms with Crippen molar-refractivity contribution in [2.45, 2.75) is 11.8 Å². The van der Waals surface area contributed by atoms with Crippen LogP contribution in [0.4, 0.5) is 17.1 Å². The fraction of sp³-hybridized carbons (Fsp3) is 0.0455. The van der Waals surface area contributed by atoms with Crippen LogP contribution >= 0.6 is 11.6 Å². The Labute approximate surface area is 190 Å². The molecule has 32 heavy (non-hydrogen) atoms. The van der Waals surface area contributed by atoms with Gasteiger partial charge in [0.05, 0.1) is 16.8 Å². The zero-order valence-electron chi connectivity index (χ0n) is 16.9. The van der Waals surface area contributed by atoms with Crippen LogP contribution in [0.5, 0.6) is 0 Å². The number of anilines is 2. The first-order chi connectivity index (χ1) is 15.2. The summed E-state index contributed by atoms with van der Waals surface area (Å²) >= 11 is 5.83. The molecule has 0 radical (unpaired) electrons. The third-order valence-corrected chi connectivity index (χ3v) is 5.88. The predicted molar refractivity (Wildman–Crippen MR) is 128 cm³/mol. The number of non-ortho nitro benzene ring substituents is 1. The summed E-state index contributed by atoms with van der Waals surface area (Å²) in [6, 6.07) is 19.1. The van der Waals surface area contributed by atoms with Crippen molar-refractivity contribution < 1.29 is 13.3 Å². The van der Waals surface area contributed by atoms with Gasteiger partial charge in [-0.2, -0.15) is 5.10 Å². The number of benzene rings is 3. The quantitative estimate of drug-likeness (QED) is 0.254. The molecule has 3 rings (SSSR count). The Bertz CT molecular complexity index is 1280. The van der Waals surface area contributed by atoms with Crippen molar-refractivity contribution in [3.05, 3.63) is 99.1 Å². The van der Waals surface area contributed by atoms with E-state index in [1.165, 1.54) is 42.6 Å². The number of nitro groups is 1. The lowest BCUT2D eigenvalue weighted by Crippen LogP contribution is -2.15.